The lowest BCUT2D eigenvalue weighted by Crippen LogP contribution is -2.27. The number of hydrogen-bond acceptors (Lipinski definition) is 3. The molecular formula is C19H30N2O2. The van der Waals surface area contributed by atoms with Crippen LogP contribution >= 0.6 is 0 Å². The molecule has 1 aliphatic rings. The minimum Gasteiger partial charge on any atom is -0.444 e. The Morgan fingerprint density at radius 1 is 1.22 bits per heavy atom. The van der Waals surface area contributed by atoms with E-state index in [0.29, 0.717) is 6.04 Å². The van der Waals surface area contributed by atoms with Crippen LogP contribution in [0.15, 0.2) is 24.3 Å². The molecule has 1 aliphatic carbocycles. The highest BCUT2D eigenvalue weighted by atomic mass is 16.6. The number of carbonyl (C=O) groups excluding carboxylic acids is 1. The SMILES string of the molecule is CC(NCC1CCCC1)c1ccc(NC(=O)OC(C)(C)C)cc1. The van der Waals surface area contributed by atoms with Crippen molar-refractivity contribution in [2.24, 2.45) is 5.92 Å². The van der Waals surface area contributed by atoms with Gasteiger partial charge in [-0.05, 0) is 70.7 Å². The van der Waals surface area contributed by atoms with Gasteiger partial charge in [0.15, 0.2) is 0 Å². The van der Waals surface area contributed by atoms with Gasteiger partial charge in [-0.3, -0.25) is 5.32 Å². The number of rotatable bonds is 5. The quantitative estimate of drug-likeness (QED) is 0.814. The van der Waals surface area contributed by atoms with Crippen molar-refractivity contribution in [2.45, 2.75) is 65.0 Å². The summed E-state index contributed by atoms with van der Waals surface area (Å²) >= 11 is 0. The van der Waals surface area contributed by atoms with Gasteiger partial charge >= 0.3 is 6.09 Å². The average molecular weight is 318 g/mol. The molecule has 0 heterocycles. The van der Waals surface area contributed by atoms with E-state index >= 15 is 0 Å². The highest BCUT2D eigenvalue weighted by Crippen LogP contribution is 2.25. The van der Waals surface area contributed by atoms with Crippen molar-refractivity contribution >= 4 is 11.8 Å². The molecule has 1 saturated carbocycles. The van der Waals surface area contributed by atoms with Crippen molar-refractivity contribution in [1.82, 2.24) is 5.32 Å². The molecule has 0 bridgehead atoms. The summed E-state index contributed by atoms with van der Waals surface area (Å²) in [4.78, 5) is 11.8. The normalized spacial score (nSPS) is 17.0. The number of benzene rings is 1. The van der Waals surface area contributed by atoms with Crippen molar-refractivity contribution in [2.75, 3.05) is 11.9 Å². The third kappa shape index (κ3) is 6.22. The van der Waals surface area contributed by atoms with Gasteiger partial charge in [-0.1, -0.05) is 25.0 Å². The molecule has 0 radical (unpaired) electrons. The number of ether oxygens (including phenoxy) is 1. The third-order valence-electron chi connectivity index (χ3n) is 4.24. The molecule has 23 heavy (non-hydrogen) atoms. The van der Waals surface area contributed by atoms with E-state index in [2.05, 4.69) is 29.7 Å². The lowest BCUT2D eigenvalue weighted by atomic mass is 10.1. The van der Waals surface area contributed by atoms with Gasteiger partial charge in [-0.15, -0.1) is 0 Å². The number of amides is 1. The van der Waals surface area contributed by atoms with Crippen LogP contribution in [0.25, 0.3) is 0 Å². The van der Waals surface area contributed by atoms with Crippen molar-refractivity contribution in [3.8, 4) is 0 Å². The molecule has 2 rings (SSSR count). The van der Waals surface area contributed by atoms with Crippen LogP contribution in [0, 0.1) is 5.92 Å². The van der Waals surface area contributed by atoms with Gasteiger partial charge in [-0.25, -0.2) is 4.79 Å². The number of carbonyl (C=O) groups is 1. The summed E-state index contributed by atoms with van der Waals surface area (Å²) in [7, 11) is 0. The minimum atomic E-state index is -0.483. The predicted molar refractivity (Wildman–Crippen MR) is 94.7 cm³/mol. The Morgan fingerprint density at radius 2 is 1.83 bits per heavy atom. The molecule has 4 nitrogen and oxygen atoms in total. The molecule has 128 valence electrons. The van der Waals surface area contributed by atoms with Gasteiger partial charge in [0, 0.05) is 11.7 Å². The number of nitrogens with one attached hydrogen (secondary N) is 2. The first kappa shape index (κ1) is 17.8. The topological polar surface area (TPSA) is 50.4 Å². The molecule has 2 N–H and O–H groups in total. The molecular weight excluding hydrogens is 288 g/mol. The van der Waals surface area contributed by atoms with Crippen LogP contribution in [0.2, 0.25) is 0 Å². The maximum Gasteiger partial charge on any atom is 0.412 e. The van der Waals surface area contributed by atoms with E-state index in [9.17, 15) is 4.79 Å². The Balaban J connectivity index is 1.82. The first-order valence-electron chi connectivity index (χ1n) is 8.67. The molecule has 1 atom stereocenters. The van der Waals surface area contributed by atoms with Crippen LogP contribution in [0.4, 0.5) is 10.5 Å². The Bertz CT molecular complexity index is 499. The van der Waals surface area contributed by atoms with E-state index in [0.717, 1.165) is 18.2 Å². The van der Waals surface area contributed by atoms with Crippen LogP contribution in [0.5, 0.6) is 0 Å². The molecule has 0 aliphatic heterocycles. The summed E-state index contributed by atoms with van der Waals surface area (Å²) in [5.41, 5.74) is 1.51. The molecule has 1 aromatic carbocycles. The second kappa shape index (κ2) is 7.82. The lowest BCUT2D eigenvalue weighted by molar-refractivity contribution is 0.0636. The van der Waals surface area contributed by atoms with Gasteiger partial charge in [-0.2, -0.15) is 0 Å². The standard InChI is InChI=1S/C19H30N2O2/c1-14(20-13-15-7-5-6-8-15)16-9-11-17(12-10-16)21-18(22)23-19(2,3)4/h9-12,14-15,20H,5-8,13H2,1-4H3,(H,21,22). The molecule has 1 fully saturated rings. The van der Waals surface area contributed by atoms with E-state index in [1.807, 2.05) is 32.9 Å². The molecule has 1 aromatic rings. The van der Waals surface area contributed by atoms with Gasteiger partial charge in [0.2, 0.25) is 0 Å². The molecule has 1 unspecified atom stereocenters. The first-order valence-corrected chi connectivity index (χ1v) is 8.67. The van der Waals surface area contributed by atoms with Gasteiger partial charge in [0.25, 0.3) is 0 Å². The number of hydrogen-bond donors (Lipinski definition) is 2. The van der Waals surface area contributed by atoms with E-state index in [4.69, 9.17) is 4.74 Å². The highest BCUT2D eigenvalue weighted by molar-refractivity contribution is 5.84. The Hall–Kier alpha value is -1.55. The van der Waals surface area contributed by atoms with Gasteiger partial charge in [0.1, 0.15) is 5.60 Å². The largest absolute Gasteiger partial charge is 0.444 e. The second-order valence-corrected chi connectivity index (χ2v) is 7.53. The van der Waals surface area contributed by atoms with Crippen LogP contribution in [0.1, 0.15) is 65.0 Å². The summed E-state index contributed by atoms with van der Waals surface area (Å²) in [6.07, 6.45) is 5.06. The zero-order chi connectivity index (χ0) is 16.9. The maximum absolute atomic E-state index is 11.8. The summed E-state index contributed by atoms with van der Waals surface area (Å²) in [6, 6.07) is 8.28. The first-order chi connectivity index (χ1) is 10.8. The summed E-state index contributed by atoms with van der Waals surface area (Å²) in [6.45, 7) is 8.85. The summed E-state index contributed by atoms with van der Waals surface area (Å²) < 4.78 is 5.25. The van der Waals surface area contributed by atoms with E-state index in [1.165, 1.54) is 31.2 Å². The fourth-order valence-electron chi connectivity index (χ4n) is 2.95. The average Bonchev–Trinajstić information content (AvgIpc) is 2.96. The minimum absolute atomic E-state index is 0.325. The summed E-state index contributed by atoms with van der Waals surface area (Å²) in [5.74, 6) is 0.838. The third-order valence-corrected chi connectivity index (χ3v) is 4.24. The van der Waals surface area contributed by atoms with Crippen molar-refractivity contribution in [3.63, 3.8) is 0 Å². The molecule has 0 aromatic heterocycles. The van der Waals surface area contributed by atoms with Crippen molar-refractivity contribution < 1.29 is 9.53 Å². The molecule has 0 saturated heterocycles. The van der Waals surface area contributed by atoms with E-state index < -0.39 is 11.7 Å². The van der Waals surface area contributed by atoms with Crippen LogP contribution < -0.4 is 10.6 Å². The van der Waals surface area contributed by atoms with E-state index in [1.54, 1.807) is 0 Å². The zero-order valence-corrected chi connectivity index (χ0v) is 14.8. The summed E-state index contributed by atoms with van der Waals surface area (Å²) in [5, 5.41) is 6.38. The highest BCUT2D eigenvalue weighted by Gasteiger charge is 2.17. The second-order valence-electron chi connectivity index (χ2n) is 7.53. The monoisotopic (exact) mass is 318 g/mol. The van der Waals surface area contributed by atoms with Crippen molar-refractivity contribution in [1.29, 1.82) is 0 Å². The fraction of sp³-hybridized carbons (Fsp3) is 0.632. The molecule has 4 heteroatoms. The van der Waals surface area contributed by atoms with Crippen molar-refractivity contribution in [3.05, 3.63) is 29.8 Å². The lowest BCUT2D eigenvalue weighted by Gasteiger charge is -2.20. The zero-order valence-electron chi connectivity index (χ0n) is 14.8. The van der Waals surface area contributed by atoms with E-state index in [-0.39, 0.29) is 0 Å². The maximum atomic E-state index is 11.8. The predicted octanol–water partition coefficient (Wildman–Crippen LogP) is 4.87. The molecule has 0 spiro atoms. The van der Waals surface area contributed by atoms with Gasteiger partial charge < -0.3 is 10.1 Å². The number of anilines is 1. The van der Waals surface area contributed by atoms with Crippen LogP contribution in [0.3, 0.4) is 0 Å². The van der Waals surface area contributed by atoms with Gasteiger partial charge in [0.05, 0.1) is 0 Å². The Labute approximate surface area is 140 Å². The fourth-order valence-corrected chi connectivity index (χ4v) is 2.95. The van der Waals surface area contributed by atoms with Crippen LogP contribution in [-0.4, -0.2) is 18.2 Å². The Kier molecular flexibility index (Phi) is 6.05. The van der Waals surface area contributed by atoms with Crippen LogP contribution in [-0.2, 0) is 4.74 Å². The smallest absolute Gasteiger partial charge is 0.412 e. The molecule has 1 amide bonds. The Morgan fingerprint density at radius 3 is 2.39 bits per heavy atom.